The number of hydrogen-bond acceptors (Lipinski definition) is 3. The molecule has 0 unspecified atom stereocenters. The number of carbonyl (C=O) groups is 1. The number of hydrogen-bond donors (Lipinski definition) is 0. The molecule has 0 bridgehead atoms. The van der Waals surface area contributed by atoms with E-state index in [0.717, 1.165) is 5.69 Å². The van der Waals surface area contributed by atoms with Crippen molar-refractivity contribution in [1.82, 2.24) is 4.57 Å². The van der Waals surface area contributed by atoms with Crippen LogP contribution in [0.1, 0.15) is 19.5 Å². The Morgan fingerprint density at radius 1 is 1.62 bits per heavy atom. The third-order valence-corrected chi connectivity index (χ3v) is 1.96. The van der Waals surface area contributed by atoms with Crippen LogP contribution in [0.25, 0.3) is 6.08 Å². The Morgan fingerprint density at radius 2 is 2.31 bits per heavy atom. The van der Waals surface area contributed by atoms with Gasteiger partial charge in [0.1, 0.15) is 11.6 Å². The molecule has 0 atom stereocenters. The zero-order valence-corrected chi connectivity index (χ0v) is 9.60. The van der Waals surface area contributed by atoms with E-state index < -0.39 is 5.97 Å². The number of rotatable bonds is 3. The van der Waals surface area contributed by atoms with Gasteiger partial charge in [0.2, 0.25) is 0 Å². The zero-order chi connectivity index (χ0) is 12.1. The smallest absolute Gasteiger partial charge is 0.349 e. The Morgan fingerprint density at radius 3 is 2.75 bits per heavy atom. The summed E-state index contributed by atoms with van der Waals surface area (Å²) in [5.74, 6) is -0.585. The zero-order valence-electron chi connectivity index (χ0n) is 9.60. The number of aromatic nitrogens is 1. The van der Waals surface area contributed by atoms with Crippen LogP contribution in [0.2, 0.25) is 0 Å². The quantitative estimate of drug-likeness (QED) is 0.442. The minimum atomic E-state index is -0.585. The predicted molar refractivity (Wildman–Crippen MR) is 60.2 cm³/mol. The molecule has 16 heavy (non-hydrogen) atoms. The lowest BCUT2D eigenvalue weighted by Crippen LogP contribution is -2.12. The molecule has 0 aromatic carbocycles. The van der Waals surface area contributed by atoms with E-state index in [-0.39, 0.29) is 11.7 Å². The fourth-order valence-corrected chi connectivity index (χ4v) is 1.19. The lowest BCUT2D eigenvalue weighted by molar-refractivity contribution is -0.142. The van der Waals surface area contributed by atoms with Crippen molar-refractivity contribution in [2.75, 3.05) is 0 Å². The summed E-state index contributed by atoms with van der Waals surface area (Å²) < 4.78 is 6.77. The normalized spacial score (nSPS) is 11.3. The number of ether oxygens (including phenoxy) is 1. The topological polar surface area (TPSA) is 55.0 Å². The van der Waals surface area contributed by atoms with Gasteiger partial charge < -0.3 is 9.30 Å². The Labute approximate surface area is 94.7 Å². The molecule has 4 heteroatoms. The Kier molecular flexibility index (Phi) is 3.90. The van der Waals surface area contributed by atoms with Gasteiger partial charge >= 0.3 is 5.97 Å². The molecule has 0 fully saturated rings. The van der Waals surface area contributed by atoms with Gasteiger partial charge in [-0.15, -0.1) is 0 Å². The lowest BCUT2D eigenvalue weighted by Gasteiger charge is -2.06. The van der Waals surface area contributed by atoms with Gasteiger partial charge in [-0.1, -0.05) is 0 Å². The molecule has 1 aromatic rings. The highest BCUT2D eigenvalue weighted by molar-refractivity contribution is 5.97. The summed E-state index contributed by atoms with van der Waals surface area (Å²) in [7, 11) is 1.84. The van der Waals surface area contributed by atoms with E-state index in [0.29, 0.717) is 0 Å². The number of esters is 1. The predicted octanol–water partition coefficient (Wildman–Crippen LogP) is 1.88. The SMILES string of the molecule is CC(C)OC(=O)C(C#N)=Cc1cccn1C. The second-order valence-corrected chi connectivity index (χ2v) is 3.67. The van der Waals surface area contributed by atoms with Crippen molar-refractivity contribution >= 4 is 12.0 Å². The molecule has 0 saturated carbocycles. The highest BCUT2D eigenvalue weighted by Gasteiger charge is 2.12. The van der Waals surface area contributed by atoms with Crippen LogP contribution in [-0.4, -0.2) is 16.6 Å². The van der Waals surface area contributed by atoms with Crippen LogP contribution in [0.4, 0.5) is 0 Å². The summed E-state index contributed by atoms with van der Waals surface area (Å²) in [5.41, 5.74) is 0.799. The van der Waals surface area contributed by atoms with Gasteiger partial charge in [-0.25, -0.2) is 4.79 Å². The number of nitrogens with zero attached hydrogens (tertiary/aromatic N) is 2. The van der Waals surface area contributed by atoms with Gasteiger partial charge in [-0.3, -0.25) is 0 Å². The first-order valence-electron chi connectivity index (χ1n) is 4.98. The van der Waals surface area contributed by atoms with Gasteiger partial charge in [0.05, 0.1) is 6.10 Å². The Hall–Kier alpha value is -2.02. The molecule has 4 nitrogen and oxygen atoms in total. The summed E-state index contributed by atoms with van der Waals surface area (Å²) in [5, 5.41) is 8.87. The van der Waals surface area contributed by atoms with Gasteiger partial charge in [0.25, 0.3) is 0 Å². The summed E-state index contributed by atoms with van der Waals surface area (Å²) in [6.07, 6.45) is 3.14. The van der Waals surface area contributed by atoms with Crippen molar-refractivity contribution in [2.45, 2.75) is 20.0 Å². The third-order valence-electron chi connectivity index (χ3n) is 1.96. The standard InChI is InChI=1S/C12H14N2O2/c1-9(2)16-12(15)10(8-13)7-11-5-4-6-14(11)3/h4-7,9H,1-3H3. The summed E-state index contributed by atoms with van der Waals surface area (Å²) >= 11 is 0. The van der Waals surface area contributed by atoms with E-state index in [4.69, 9.17) is 10.00 Å². The molecule has 0 amide bonds. The van der Waals surface area contributed by atoms with Crippen LogP contribution in [0.5, 0.6) is 0 Å². The Balaban J connectivity index is 2.92. The van der Waals surface area contributed by atoms with Crippen molar-refractivity contribution in [1.29, 1.82) is 5.26 Å². The molecule has 0 aliphatic heterocycles. The summed E-state index contributed by atoms with van der Waals surface area (Å²) in [6.45, 7) is 3.49. The van der Waals surface area contributed by atoms with E-state index in [2.05, 4.69) is 0 Å². The summed E-state index contributed by atoms with van der Waals surface area (Å²) in [4.78, 5) is 11.5. The second kappa shape index (κ2) is 5.17. The number of aryl methyl sites for hydroxylation is 1. The lowest BCUT2D eigenvalue weighted by atomic mass is 10.2. The fourth-order valence-electron chi connectivity index (χ4n) is 1.19. The second-order valence-electron chi connectivity index (χ2n) is 3.67. The average Bonchev–Trinajstić information content (AvgIpc) is 2.59. The number of carbonyl (C=O) groups excluding carboxylic acids is 1. The monoisotopic (exact) mass is 218 g/mol. The minimum absolute atomic E-state index is 0.00972. The van der Waals surface area contributed by atoms with E-state index >= 15 is 0 Å². The molecular weight excluding hydrogens is 204 g/mol. The van der Waals surface area contributed by atoms with Gasteiger partial charge in [0.15, 0.2) is 0 Å². The molecule has 0 radical (unpaired) electrons. The fraction of sp³-hybridized carbons (Fsp3) is 0.333. The molecule has 0 spiro atoms. The van der Waals surface area contributed by atoms with Crippen LogP contribution in [0, 0.1) is 11.3 Å². The number of nitriles is 1. The van der Waals surface area contributed by atoms with Crippen molar-refractivity contribution in [3.05, 3.63) is 29.6 Å². The van der Waals surface area contributed by atoms with Crippen LogP contribution in [0.3, 0.4) is 0 Å². The van der Waals surface area contributed by atoms with Crippen LogP contribution in [0.15, 0.2) is 23.9 Å². The minimum Gasteiger partial charge on any atom is -0.459 e. The van der Waals surface area contributed by atoms with Crippen LogP contribution in [-0.2, 0) is 16.6 Å². The molecule has 0 aliphatic carbocycles. The molecule has 0 saturated heterocycles. The maximum Gasteiger partial charge on any atom is 0.349 e. The third kappa shape index (κ3) is 2.99. The highest BCUT2D eigenvalue weighted by atomic mass is 16.5. The molecule has 1 aromatic heterocycles. The molecular formula is C12H14N2O2. The van der Waals surface area contributed by atoms with E-state index in [1.165, 1.54) is 6.08 Å². The van der Waals surface area contributed by atoms with Crippen molar-refractivity contribution in [2.24, 2.45) is 7.05 Å². The molecule has 0 aliphatic rings. The van der Waals surface area contributed by atoms with E-state index in [9.17, 15) is 4.79 Å². The molecule has 0 N–H and O–H groups in total. The van der Waals surface area contributed by atoms with E-state index in [1.807, 2.05) is 36.0 Å². The Bertz CT molecular complexity index is 450. The first-order chi connectivity index (χ1) is 7.54. The first kappa shape index (κ1) is 12.1. The van der Waals surface area contributed by atoms with Gasteiger partial charge in [-0.2, -0.15) is 5.26 Å². The maximum absolute atomic E-state index is 11.5. The van der Waals surface area contributed by atoms with Crippen LogP contribution < -0.4 is 0 Å². The van der Waals surface area contributed by atoms with Crippen molar-refractivity contribution in [3.63, 3.8) is 0 Å². The van der Waals surface area contributed by atoms with Gasteiger partial charge in [-0.05, 0) is 32.1 Å². The van der Waals surface area contributed by atoms with Crippen molar-refractivity contribution in [3.8, 4) is 6.07 Å². The summed E-state index contributed by atoms with van der Waals surface area (Å²) in [6, 6.07) is 5.51. The molecule has 84 valence electrons. The van der Waals surface area contributed by atoms with Crippen LogP contribution >= 0.6 is 0 Å². The van der Waals surface area contributed by atoms with Crippen molar-refractivity contribution < 1.29 is 9.53 Å². The average molecular weight is 218 g/mol. The van der Waals surface area contributed by atoms with Gasteiger partial charge in [0, 0.05) is 18.9 Å². The maximum atomic E-state index is 11.5. The molecule has 1 rings (SSSR count). The molecule has 1 heterocycles. The first-order valence-corrected chi connectivity index (χ1v) is 4.98. The largest absolute Gasteiger partial charge is 0.459 e. The van der Waals surface area contributed by atoms with E-state index in [1.54, 1.807) is 13.8 Å². The highest BCUT2D eigenvalue weighted by Crippen LogP contribution is 2.08.